The number of hydrogen-bond acceptors (Lipinski definition) is 4. The molecule has 3 N–H and O–H groups in total. The van der Waals surface area contributed by atoms with Crippen molar-refractivity contribution in [1.82, 2.24) is 14.9 Å². The van der Waals surface area contributed by atoms with E-state index in [0.717, 1.165) is 0 Å². The Morgan fingerprint density at radius 3 is 2.26 bits per heavy atom. The Bertz CT molecular complexity index is 588. The number of aromatic nitrogens is 2. The molecule has 1 heterocycles. The van der Waals surface area contributed by atoms with Gasteiger partial charge in [0, 0.05) is 6.04 Å². The Hall–Kier alpha value is -0.920. The molecule has 0 unspecified atom stereocenters. The molecule has 0 aromatic carbocycles. The highest BCUT2D eigenvalue weighted by Gasteiger charge is 2.66. The second-order valence-electron chi connectivity index (χ2n) is 6.28. The van der Waals surface area contributed by atoms with Crippen LogP contribution in [-0.2, 0) is 16.6 Å². The Balaban J connectivity index is 2.33. The van der Waals surface area contributed by atoms with Crippen molar-refractivity contribution in [3.8, 4) is 0 Å². The summed E-state index contributed by atoms with van der Waals surface area (Å²) >= 11 is 0. The zero-order chi connectivity index (χ0) is 14.6. The number of aryl methyl sites for hydroxylation is 1. The fourth-order valence-corrected chi connectivity index (χ4v) is 4.52. The minimum atomic E-state index is -3.67. The van der Waals surface area contributed by atoms with Crippen LogP contribution in [0.25, 0.3) is 0 Å². The molecule has 1 aromatic rings. The molecule has 19 heavy (non-hydrogen) atoms. The highest BCUT2D eigenvalue weighted by atomic mass is 32.2. The molecular weight excluding hydrogens is 266 g/mol. The number of nitrogens with one attached hydrogen (secondary N) is 2. The van der Waals surface area contributed by atoms with Crippen molar-refractivity contribution < 1.29 is 13.5 Å². The lowest BCUT2D eigenvalue weighted by Gasteiger charge is -2.08. The lowest BCUT2D eigenvalue weighted by molar-refractivity contribution is 0.273. The minimum absolute atomic E-state index is 0.0634. The summed E-state index contributed by atoms with van der Waals surface area (Å²) in [6.45, 7) is 9.37. The highest BCUT2D eigenvalue weighted by molar-refractivity contribution is 7.89. The minimum Gasteiger partial charge on any atom is -0.390 e. The van der Waals surface area contributed by atoms with Crippen LogP contribution in [0.5, 0.6) is 0 Å². The topological polar surface area (TPSA) is 95.1 Å². The highest BCUT2D eigenvalue weighted by Crippen LogP contribution is 2.63. The number of rotatable bonds is 4. The maximum atomic E-state index is 12.4. The van der Waals surface area contributed by atoms with Crippen molar-refractivity contribution in [3.05, 3.63) is 11.4 Å². The third-order valence-electron chi connectivity index (χ3n) is 4.67. The van der Waals surface area contributed by atoms with Crippen LogP contribution in [0.15, 0.2) is 4.90 Å². The third kappa shape index (κ3) is 2.00. The molecule has 0 spiro atoms. The second-order valence-corrected chi connectivity index (χ2v) is 7.93. The predicted molar refractivity (Wildman–Crippen MR) is 70.9 cm³/mol. The maximum Gasteiger partial charge on any atom is 0.244 e. The zero-order valence-electron chi connectivity index (χ0n) is 11.9. The number of aliphatic hydroxyl groups excluding tert-OH is 1. The SMILES string of the molecule is Cc1[nH]nc(CO)c1S(=O)(=O)NC1C(C)(C)C1(C)C. The van der Waals surface area contributed by atoms with Crippen molar-refractivity contribution in [3.63, 3.8) is 0 Å². The molecule has 1 saturated carbocycles. The summed E-state index contributed by atoms with van der Waals surface area (Å²) in [5.41, 5.74) is 0.419. The smallest absolute Gasteiger partial charge is 0.244 e. The molecule has 1 aromatic heterocycles. The van der Waals surface area contributed by atoms with Crippen LogP contribution in [0.1, 0.15) is 39.1 Å². The molecule has 1 fully saturated rings. The Kier molecular flexibility index (Phi) is 3.08. The first-order valence-electron chi connectivity index (χ1n) is 6.22. The zero-order valence-corrected chi connectivity index (χ0v) is 12.7. The summed E-state index contributed by atoms with van der Waals surface area (Å²) in [6.07, 6.45) is 0. The van der Waals surface area contributed by atoms with E-state index in [0.29, 0.717) is 5.69 Å². The van der Waals surface area contributed by atoms with E-state index in [2.05, 4.69) is 14.9 Å². The van der Waals surface area contributed by atoms with Crippen LogP contribution in [0.4, 0.5) is 0 Å². The normalized spacial score (nSPS) is 21.6. The van der Waals surface area contributed by atoms with Gasteiger partial charge in [0.25, 0.3) is 0 Å². The first kappa shape index (κ1) is 14.5. The van der Waals surface area contributed by atoms with E-state index < -0.39 is 16.6 Å². The van der Waals surface area contributed by atoms with Gasteiger partial charge in [0.05, 0.1) is 12.3 Å². The van der Waals surface area contributed by atoms with Crippen LogP contribution < -0.4 is 4.72 Å². The summed E-state index contributed by atoms with van der Waals surface area (Å²) < 4.78 is 27.6. The average Bonchev–Trinajstić information content (AvgIpc) is 2.65. The number of H-pyrrole nitrogens is 1. The van der Waals surface area contributed by atoms with Crippen LogP contribution in [0, 0.1) is 17.8 Å². The van der Waals surface area contributed by atoms with E-state index in [-0.39, 0.29) is 27.5 Å². The van der Waals surface area contributed by atoms with Gasteiger partial charge in [-0.25, -0.2) is 13.1 Å². The van der Waals surface area contributed by atoms with Gasteiger partial charge in [-0.05, 0) is 17.8 Å². The summed E-state index contributed by atoms with van der Waals surface area (Å²) in [4.78, 5) is 0.0634. The van der Waals surface area contributed by atoms with Crippen LogP contribution in [-0.4, -0.2) is 29.8 Å². The van der Waals surface area contributed by atoms with E-state index in [1.54, 1.807) is 6.92 Å². The molecule has 0 atom stereocenters. The lowest BCUT2D eigenvalue weighted by Crippen LogP contribution is -2.30. The molecule has 108 valence electrons. The molecule has 6 nitrogen and oxygen atoms in total. The molecule has 7 heteroatoms. The van der Waals surface area contributed by atoms with E-state index in [1.165, 1.54) is 0 Å². The number of nitrogens with zero attached hydrogens (tertiary/aromatic N) is 1. The van der Waals surface area contributed by atoms with Gasteiger partial charge < -0.3 is 5.11 Å². The number of aliphatic hydroxyl groups is 1. The Morgan fingerprint density at radius 2 is 1.84 bits per heavy atom. The molecule has 1 aliphatic carbocycles. The van der Waals surface area contributed by atoms with Gasteiger partial charge in [-0.2, -0.15) is 5.10 Å². The molecule has 0 radical (unpaired) electrons. The third-order valence-corrected chi connectivity index (χ3v) is 6.30. The number of hydrogen-bond donors (Lipinski definition) is 3. The van der Waals surface area contributed by atoms with Gasteiger partial charge >= 0.3 is 0 Å². The number of sulfonamides is 1. The van der Waals surface area contributed by atoms with Crippen LogP contribution in [0.3, 0.4) is 0 Å². The van der Waals surface area contributed by atoms with E-state index in [4.69, 9.17) is 0 Å². The summed E-state index contributed by atoms with van der Waals surface area (Å²) in [5.74, 6) is 0. The van der Waals surface area contributed by atoms with Crippen molar-refractivity contribution in [2.45, 2.75) is 52.2 Å². The molecular formula is C12H21N3O3S. The van der Waals surface area contributed by atoms with Gasteiger partial charge in [-0.1, -0.05) is 27.7 Å². The van der Waals surface area contributed by atoms with Gasteiger partial charge in [0.2, 0.25) is 10.0 Å². The monoisotopic (exact) mass is 287 g/mol. The van der Waals surface area contributed by atoms with E-state index in [9.17, 15) is 13.5 Å². The van der Waals surface area contributed by atoms with Crippen LogP contribution in [0.2, 0.25) is 0 Å². The fraction of sp³-hybridized carbons (Fsp3) is 0.750. The van der Waals surface area contributed by atoms with E-state index in [1.807, 2.05) is 27.7 Å². The predicted octanol–water partition coefficient (Wildman–Crippen LogP) is 0.923. The van der Waals surface area contributed by atoms with Gasteiger partial charge in [0.15, 0.2) is 0 Å². The second kappa shape index (κ2) is 4.04. The molecule has 0 aliphatic heterocycles. The van der Waals surface area contributed by atoms with Crippen molar-refractivity contribution in [1.29, 1.82) is 0 Å². The first-order valence-corrected chi connectivity index (χ1v) is 7.71. The van der Waals surface area contributed by atoms with Crippen LogP contribution >= 0.6 is 0 Å². The van der Waals surface area contributed by atoms with E-state index >= 15 is 0 Å². The molecule has 1 aliphatic rings. The summed E-state index contributed by atoms with van der Waals surface area (Å²) in [7, 11) is -3.67. The quantitative estimate of drug-likeness (QED) is 0.767. The van der Waals surface area contributed by atoms with Gasteiger partial charge in [-0.3, -0.25) is 5.10 Å². The maximum absolute atomic E-state index is 12.4. The van der Waals surface area contributed by atoms with Gasteiger partial charge in [-0.15, -0.1) is 0 Å². The largest absolute Gasteiger partial charge is 0.390 e. The molecule has 0 amide bonds. The lowest BCUT2D eigenvalue weighted by atomic mass is 10.0. The molecule has 2 rings (SSSR count). The van der Waals surface area contributed by atoms with Crippen molar-refractivity contribution in [2.75, 3.05) is 0 Å². The average molecular weight is 287 g/mol. The summed E-state index contributed by atoms with van der Waals surface area (Å²) in [6, 6.07) is -0.120. The van der Waals surface area contributed by atoms with Crippen molar-refractivity contribution >= 4 is 10.0 Å². The fourth-order valence-electron chi connectivity index (χ4n) is 2.64. The standard InChI is InChI=1S/C12H21N3O3S/c1-7-9(8(6-16)14-13-7)19(17,18)15-10-11(2,3)12(10,4)5/h10,15-16H,6H2,1-5H3,(H,13,14). The first-order chi connectivity index (χ1) is 8.55. The summed E-state index contributed by atoms with van der Waals surface area (Å²) in [5, 5.41) is 15.6. The Labute approximate surface area is 113 Å². The number of aromatic amines is 1. The van der Waals surface area contributed by atoms with Crippen molar-refractivity contribution in [2.24, 2.45) is 10.8 Å². The molecule has 0 bridgehead atoms. The van der Waals surface area contributed by atoms with Gasteiger partial charge in [0.1, 0.15) is 10.6 Å². The Morgan fingerprint density at radius 1 is 1.32 bits per heavy atom. The molecule has 0 saturated heterocycles.